The lowest BCUT2D eigenvalue weighted by Crippen LogP contribution is -2.48. The fourth-order valence-corrected chi connectivity index (χ4v) is 2.41. The molecule has 0 spiro atoms. The lowest BCUT2D eigenvalue weighted by atomic mass is 9.85. The van der Waals surface area contributed by atoms with Crippen LogP contribution in [0.15, 0.2) is 0 Å². The van der Waals surface area contributed by atoms with Gasteiger partial charge in [-0.1, -0.05) is 6.92 Å². The van der Waals surface area contributed by atoms with E-state index in [1.165, 1.54) is 11.8 Å². The van der Waals surface area contributed by atoms with Gasteiger partial charge < -0.3 is 9.31 Å². The zero-order valence-electron chi connectivity index (χ0n) is 7.69. The number of fused-ring (bicyclic) bond motifs is 2. The third-order valence-corrected chi connectivity index (χ3v) is 3.30. The summed E-state index contributed by atoms with van der Waals surface area (Å²) >= 11 is 1.38. The highest BCUT2D eigenvalue weighted by atomic mass is 32.2. The first-order chi connectivity index (χ1) is 6.70. The molecule has 7 heteroatoms. The maximum absolute atomic E-state index is 11.4. The van der Waals surface area contributed by atoms with E-state index >= 15 is 0 Å². The van der Waals surface area contributed by atoms with E-state index in [4.69, 9.17) is 9.31 Å². The van der Waals surface area contributed by atoms with Crippen molar-refractivity contribution in [3.8, 4) is 0 Å². The molecule has 0 amide bonds. The molecule has 2 saturated heterocycles. The molecule has 76 valence electrons. The summed E-state index contributed by atoms with van der Waals surface area (Å²) in [6.07, 6.45) is 0.488. The monoisotopic (exact) mass is 215 g/mol. The normalized spacial score (nSPS) is 31.9. The first-order valence-electron chi connectivity index (χ1n) is 4.49. The highest BCUT2D eigenvalue weighted by Gasteiger charge is 2.42. The minimum absolute atomic E-state index is 0.334. The molecule has 0 aromatic carbocycles. The average molecular weight is 215 g/mol. The first kappa shape index (κ1) is 9.85. The molecule has 0 saturated carbocycles. The fraction of sp³-hybridized carbons (Fsp3) is 0.714. The van der Waals surface area contributed by atoms with Gasteiger partial charge in [0.05, 0.1) is 0 Å². The molecule has 2 fully saturated rings. The number of carbonyl (C=O) groups excluding carboxylic acids is 2. The molecule has 1 N–H and O–H groups in total. The molecule has 14 heavy (non-hydrogen) atoms. The number of nitrogens with one attached hydrogen (secondary N) is 1. The summed E-state index contributed by atoms with van der Waals surface area (Å²) in [5.74, 6) is -0.120. The van der Waals surface area contributed by atoms with Crippen molar-refractivity contribution < 1.29 is 18.9 Å². The second kappa shape index (κ2) is 3.82. The Bertz CT molecular complexity index is 250. The van der Waals surface area contributed by atoms with E-state index in [9.17, 15) is 9.59 Å². The molecular weight excluding hydrogens is 205 g/mol. The van der Waals surface area contributed by atoms with Crippen LogP contribution in [0.1, 0.15) is 6.92 Å². The summed E-state index contributed by atoms with van der Waals surface area (Å²) in [5.41, 5.74) is 0. The number of hydrogen-bond donors (Lipinski definition) is 1. The van der Waals surface area contributed by atoms with E-state index in [2.05, 4.69) is 5.32 Å². The second-order valence-electron chi connectivity index (χ2n) is 3.14. The average Bonchev–Trinajstić information content (AvgIpc) is 2.64. The van der Waals surface area contributed by atoms with E-state index in [1.54, 1.807) is 6.92 Å². The van der Waals surface area contributed by atoms with Gasteiger partial charge in [-0.05, 0) is 0 Å². The van der Waals surface area contributed by atoms with Crippen molar-refractivity contribution in [1.82, 2.24) is 5.32 Å². The Balaban J connectivity index is 2.13. The molecule has 2 unspecified atom stereocenters. The zero-order valence-corrected chi connectivity index (χ0v) is 8.50. The number of rotatable bonds is 1. The molecule has 0 radical (unpaired) electrons. The summed E-state index contributed by atoms with van der Waals surface area (Å²) in [5, 5.41) is 2.44. The third kappa shape index (κ3) is 1.74. The molecule has 2 rings (SSSR count). The molecule has 0 aromatic heterocycles. The van der Waals surface area contributed by atoms with Crippen LogP contribution in [-0.2, 0) is 18.9 Å². The minimum Gasteiger partial charge on any atom is -0.498 e. The quantitative estimate of drug-likeness (QED) is 0.602. The largest absolute Gasteiger partial charge is 0.598 e. The maximum Gasteiger partial charge on any atom is 0.598 e. The van der Waals surface area contributed by atoms with Gasteiger partial charge in [-0.25, -0.2) is 0 Å². The van der Waals surface area contributed by atoms with Crippen molar-refractivity contribution in [2.45, 2.75) is 24.7 Å². The standard InChI is InChI=1S/C7H10BNO4S/c1-2-8-12-6(10)4-3-14-5(9-4)7(11)13-8/h4-5,9H,2-3H2,1H3. The van der Waals surface area contributed by atoms with E-state index in [0.29, 0.717) is 12.1 Å². The zero-order chi connectivity index (χ0) is 10.1. The summed E-state index contributed by atoms with van der Waals surface area (Å²) in [4.78, 5) is 22.8. The van der Waals surface area contributed by atoms with Gasteiger partial charge in [0.25, 0.3) is 0 Å². The highest BCUT2D eigenvalue weighted by Crippen LogP contribution is 2.23. The molecule has 2 aliphatic rings. The molecule has 2 aliphatic heterocycles. The Morgan fingerprint density at radius 2 is 2.21 bits per heavy atom. The first-order valence-corrected chi connectivity index (χ1v) is 5.54. The van der Waals surface area contributed by atoms with Gasteiger partial charge in [-0.2, -0.15) is 0 Å². The van der Waals surface area contributed by atoms with Gasteiger partial charge >= 0.3 is 19.1 Å². The predicted molar refractivity (Wildman–Crippen MR) is 51.6 cm³/mol. The van der Waals surface area contributed by atoms with E-state index < -0.39 is 12.5 Å². The Labute approximate surface area is 86.0 Å². The van der Waals surface area contributed by atoms with E-state index in [0.717, 1.165) is 0 Å². The second-order valence-corrected chi connectivity index (χ2v) is 4.28. The van der Waals surface area contributed by atoms with E-state index in [1.807, 2.05) is 0 Å². The van der Waals surface area contributed by atoms with Crippen LogP contribution in [0.25, 0.3) is 0 Å². The number of hydrogen-bond acceptors (Lipinski definition) is 6. The number of thioether (sulfide) groups is 1. The molecule has 2 atom stereocenters. The van der Waals surface area contributed by atoms with Crippen LogP contribution in [-0.4, -0.2) is 36.2 Å². The summed E-state index contributed by atoms with van der Waals surface area (Å²) < 4.78 is 9.96. The van der Waals surface area contributed by atoms with Crippen LogP contribution in [0.3, 0.4) is 0 Å². The smallest absolute Gasteiger partial charge is 0.498 e. The molecule has 5 nitrogen and oxygen atoms in total. The van der Waals surface area contributed by atoms with Crippen LogP contribution < -0.4 is 5.32 Å². The highest BCUT2D eigenvalue weighted by molar-refractivity contribution is 8.00. The van der Waals surface area contributed by atoms with Crippen molar-refractivity contribution in [2.24, 2.45) is 0 Å². The molecular formula is C7H10BNO4S. The van der Waals surface area contributed by atoms with E-state index in [-0.39, 0.29) is 18.0 Å². The Kier molecular flexibility index (Phi) is 2.69. The number of carbonyl (C=O) groups is 2. The van der Waals surface area contributed by atoms with Gasteiger partial charge in [-0.3, -0.25) is 14.9 Å². The van der Waals surface area contributed by atoms with Crippen molar-refractivity contribution in [3.05, 3.63) is 0 Å². The fourth-order valence-electron chi connectivity index (χ4n) is 1.34. The van der Waals surface area contributed by atoms with Crippen molar-refractivity contribution >= 4 is 30.8 Å². The van der Waals surface area contributed by atoms with Gasteiger partial charge in [-0.15, -0.1) is 11.8 Å². The van der Waals surface area contributed by atoms with Gasteiger partial charge in [0.2, 0.25) is 0 Å². The maximum atomic E-state index is 11.4. The lowest BCUT2D eigenvalue weighted by molar-refractivity contribution is -0.144. The topological polar surface area (TPSA) is 64.6 Å². The van der Waals surface area contributed by atoms with Crippen LogP contribution >= 0.6 is 11.8 Å². The summed E-state index contributed by atoms with van der Waals surface area (Å²) in [6, 6.07) is -0.369. The molecule has 0 aromatic rings. The Morgan fingerprint density at radius 1 is 1.50 bits per heavy atom. The Morgan fingerprint density at radius 3 is 2.93 bits per heavy atom. The van der Waals surface area contributed by atoms with Crippen LogP contribution in [0, 0.1) is 0 Å². The van der Waals surface area contributed by atoms with Crippen LogP contribution in [0.2, 0.25) is 6.32 Å². The Hall–Kier alpha value is -0.685. The molecule has 0 aliphatic carbocycles. The van der Waals surface area contributed by atoms with Gasteiger partial charge in [0, 0.05) is 12.1 Å². The predicted octanol–water partition coefficient (Wildman–Crippen LogP) is -0.374. The van der Waals surface area contributed by atoms with Crippen molar-refractivity contribution in [3.63, 3.8) is 0 Å². The van der Waals surface area contributed by atoms with Crippen molar-refractivity contribution in [1.29, 1.82) is 0 Å². The van der Waals surface area contributed by atoms with Crippen LogP contribution in [0.5, 0.6) is 0 Å². The van der Waals surface area contributed by atoms with Crippen LogP contribution in [0.4, 0.5) is 0 Å². The summed E-state index contributed by atoms with van der Waals surface area (Å²) in [7, 11) is -0.721. The van der Waals surface area contributed by atoms with Gasteiger partial charge in [0.15, 0.2) is 5.37 Å². The SMILES string of the molecule is CCB1OC(=O)C2CSC(N2)C(=O)O1. The van der Waals surface area contributed by atoms with Crippen molar-refractivity contribution in [2.75, 3.05) is 5.75 Å². The van der Waals surface area contributed by atoms with Gasteiger partial charge in [0.1, 0.15) is 6.04 Å². The lowest BCUT2D eigenvalue weighted by Gasteiger charge is -2.20. The third-order valence-electron chi connectivity index (χ3n) is 2.11. The minimum atomic E-state index is -0.721. The molecule has 2 heterocycles. The molecule has 2 bridgehead atoms. The summed E-state index contributed by atoms with van der Waals surface area (Å²) in [6.45, 7) is 1.80.